The number of benzene rings is 1. The lowest BCUT2D eigenvalue weighted by Gasteiger charge is -2.31. The smallest absolute Gasteiger partial charge is 0.119 e. The zero-order valence-corrected chi connectivity index (χ0v) is 13.5. The minimum absolute atomic E-state index is 0.297. The molecule has 0 fully saturated rings. The number of methoxy groups -OCH3 is 1. The van der Waals surface area contributed by atoms with E-state index in [1.165, 1.54) is 0 Å². The Hall–Kier alpha value is -1.22. The third-order valence-electron chi connectivity index (χ3n) is 3.66. The first-order valence-electron chi connectivity index (χ1n) is 7.45. The molecule has 0 amide bonds. The molecule has 1 unspecified atom stereocenters. The molecular formula is C17H29NO2. The van der Waals surface area contributed by atoms with Gasteiger partial charge in [0.25, 0.3) is 0 Å². The summed E-state index contributed by atoms with van der Waals surface area (Å²) in [6.45, 7) is 11.8. The maximum atomic E-state index is 5.83. The summed E-state index contributed by atoms with van der Waals surface area (Å²) in [7, 11) is 1.67. The van der Waals surface area contributed by atoms with Gasteiger partial charge in [-0.3, -0.25) is 0 Å². The van der Waals surface area contributed by atoms with Crippen LogP contribution in [0.1, 0.15) is 34.1 Å². The molecule has 0 heterocycles. The molecule has 3 heteroatoms. The molecule has 0 aliphatic rings. The summed E-state index contributed by atoms with van der Waals surface area (Å²) in [5.74, 6) is 2.37. The summed E-state index contributed by atoms with van der Waals surface area (Å²) < 4.78 is 11.0. The second-order valence-electron chi connectivity index (χ2n) is 6.18. The number of hydrogen-bond donors (Lipinski definition) is 1. The first kappa shape index (κ1) is 16.8. The van der Waals surface area contributed by atoms with Crippen LogP contribution in [-0.4, -0.2) is 26.8 Å². The zero-order valence-electron chi connectivity index (χ0n) is 13.5. The van der Waals surface area contributed by atoms with Gasteiger partial charge in [-0.05, 0) is 55.1 Å². The van der Waals surface area contributed by atoms with E-state index < -0.39 is 0 Å². The number of hydrogen-bond acceptors (Lipinski definition) is 3. The number of nitrogens with one attached hydrogen (secondary N) is 1. The SMILES string of the molecule is CCNCC(CCOc1ccc(OC)cc1)C(C)(C)C. The van der Waals surface area contributed by atoms with Gasteiger partial charge in [0.1, 0.15) is 11.5 Å². The molecule has 0 bridgehead atoms. The molecule has 0 aromatic heterocycles. The molecule has 1 aromatic rings. The van der Waals surface area contributed by atoms with Crippen molar-refractivity contribution in [2.24, 2.45) is 11.3 Å². The van der Waals surface area contributed by atoms with Crippen molar-refractivity contribution in [2.45, 2.75) is 34.1 Å². The van der Waals surface area contributed by atoms with E-state index in [1.807, 2.05) is 24.3 Å². The van der Waals surface area contributed by atoms with Gasteiger partial charge in [-0.25, -0.2) is 0 Å². The van der Waals surface area contributed by atoms with Crippen molar-refractivity contribution >= 4 is 0 Å². The van der Waals surface area contributed by atoms with Crippen molar-refractivity contribution in [3.63, 3.8) is 0 Å². The van der Waals surface area contributed by atoms with Crippen LogP contribution in [0.2, 0.25) is 0 Å². The standard InChI is InChI=1S/C17H29NO2/c1-6-18-13-14(17(2,3)4)11-12-20-16-9-7-15(19-5)8-10-16/h7-10,14,18H,6,11-13H2,1-5H3. The minimum Gasteiger partial charge on any atom is -0.497 e. The molecular weight excluding hydrogens is 250 g/mol. The zero-order chi connectivity index (χ0) is 15.0. The number of rotatable bonds is 8. The van der Waals surface area contributed by atoms with Crippen LogP contribution in [-0.2, 0) is 0 Å². The summed E-state index contributed by atoms with van der Waals surface area (Å²) in [5, 5.41) is 3.45. The van der Waals surface area contributed by atoms with Crippen LogP contribution in [0.5, 0.6) is 11.5 Å². The fraction of sp³-hybridized carbons (Fsp3) is 0.647. The van der Waals surface area contributed by atoms with Crippen molar-refractivity contribution in [1.29, 1.82) is 0 Å². The molecule has 0 saturated heterocycles. The summed E-state index contributed by atoms with van der Waals surface area (Å²) in [6, 6.07) is 7.76. The molecule has 0 aliphatic heterocycles. The average Bonchev–Trinajstić information content (AvgIpc) is 2.42. The van der Waals surface area contributed by atoms with Crippen LogP contribution in [0.15, 0.2) is 24.3 Å². The van der Waals surface area contributed by atoms with Crippen molar-refractivity contribution < 1.29 is 9.47 Å². The van der Waals surface area contributed by atoms with Gasteiger partial charge in [0.2, 0.25) is 0 Å². The molecule has 1 atom stereocenters. The monoisotopic (exact) mass is 279 g/mol. The van der Waals surface area contributed by atoms with E-state index >= 15 is 0 Å². The molecule has 20 heavy (non-hydrogen) atoms. The summed E-state index contributed by atoms with van der Waals surface area (Å²) in [6.07, 6.45) is 1.06. The van der Waals surface area contributed by atoms with Crippen LogP contribution in [0.4, 0.5) is 0 Å². The lowest BCUT2D eigenvalue weighted by atomic mass is 9.79. The van der Waals surface area contributed by atoms with Gasteiger partial charge >= 0.3 is 0 Å². The van der Waals surface area contributed by atoms with Crippen LogP contribution < -0.4 is 14.8 Å². The highest BCUT2D eigenvalue weighted by atomic mass is 16.5. The van der Waals surface area contributed by atoms with Crippen LogP contribution in [0.25, 0.3) is 0 Å². The summed E-state index contributed by atoms with van der Waals surface area (Å²) >= 11 is 0. The summed E-state index contributed by atoms with van der Waals surface area (Å²) in [4.78, 5) is 0. The average molecular weight is 279 g/mol. The molecule has 0 saturated carbocycles. The van der Waals surface area contributed by atoms with Gasteiger partial charge in [0, 0.05) is 0 Å². The molecule has 114 valence electrons. The van der Waals surface area contributed by atoms with E-state index in [9.17, 15) is 0 Å². The second kappa shape index (κ2) is 8.15. The van der Waals surface area contributed by atoms with Crippen LogP contribution >= 0.6 is 0 Å². The third kappa shape index (κ3) is 5.83. The Bertz CT molecular complexity index is 368. The highest BCUT2D eigenvalue weighted by molar-refractivity contribution is 5.31. The van der Waals surface area contributed by atoms with Crippen molar-refractivity contribution in [1.82, 2.24) is 5.32 Å². The summed E-state index contributed by atoms with van der Waals surface area (Å²) in [5.41, 5.74) is 0.297. The van der Waals surface area contributed by atoms with Gasteiger partial charge in [0.15, 0.2) is 0 Å². The Labute approximate surface area is 123 Å². The molecule has 1 rings (SSSR count). The Morgan fingerprint density at radius 3 is 2.20 bits per heavy atom. The molecule has 0 spiro atoms. The number of ether oxygens (including phenoxy) is 2. The van der Waals surface area contributed by atoms with Gasteiger partial charge in [-0.15, -0.1) is 0 Å². The normalized spacial score (nSPS) is 13.1. The topological polar surface area (TPSA) is 30.5 Å². The van der Waals surface area contributed by atoms with E-state index in [2.05, 4.69) is 33.0 Å². The predicted octanol–water partition coefficient (Wildman–Crippen LogP) is 3.74. The molecule has 1 aromatic carbocycles. The Balaban J connectivity index is 2.42. The Morgan fingerprint density at radius 2 is 1.70 bits per heavy atom. The Kier molecular flexibility index (Phi) is 6.86. The maximum Gasteiger partial charge on any atom is 0.119 e. The van der Waals surface area contributed by atoms with Crippen LogP contribution in [0, 0.1) is 11.3 Å². The van der Waals surface area contributed by atoms with E-state index in [-0.39, 0.29) is 0 Å². The highest BCUT2D eigenvalue weighted by Crippen LogP contribution is 2.28. The first-order chi connectivity index (χ1) is 9.47. The fourth-order valence-corrected chi connectivity index (χ4v) is 2.15. The Morgan fingerprint density at radius 1 is 1.10 bits per heavy atom. The fourth-order valence-electron chi connectivity index (χ4n) is 2.15. The van der Waals surface area contributed by atoms with Crippen LogP contribution in [0.3, 0.4) is 0 Å². The van der Waals surface area contributed by atoms with Gasteiger partial charge < -0.3 is 14.8 Å². The quantitative estimate of drug-likeness (QED) is 0.786. The molecule has 0 radical (unpaired) electrons. The molecule has 3 nitrogen and oxygen atoms in total. The lowest BCUT2D eigenvalue weighted by molar-refractivity contribution is 0.180. The maximum absolute atomic E-state index is 5.83. The van der Waals surface area contributed by atoms with E-state index in [1.54, 1.807) is 7.11 Å². The molecule has 0 aliphatic carbocycles. The second-order valence-corrected chi connectivity index (χ2v) is 6.18. The predicted molar refractivity (Wildman–Crippen MR) is 84.6 cm³/mol. The lowest BCUT2D eigenvalue weighted by Crippen LogP contribution is -2.33. The van der Waals surface area contributed by atoms with Crippen molar-refractivity contribution in [3.05, 3.63) is 24.3 Å². The highest BCUT2D eigenvalue weighted by Gasteiger charge is 2.23. The largest absolute Gasteiger partial charge is 0.497 e. The van der Waals surface area contributed by atoms with Crippen molar-refractivity contribution in [3.8, 4) is 11.5 Å². The van der Waals surface area contributed by atoms with Gasteiger partial charge in [0.05, 0.1) is 13.7 Å². The van der Waals surface area contributed by atoms with Gasteiger partial charge in [-0.1, -0.05) is 27.7 Å². The van der Waals surface area contributed by atoms with E-state index in [4.69, 9.17) is 9.47 Å². The first-order valence-corrected chi connectivity index (χ1v) is 7.45. The van der Waals surface area contributed by atoms with E-state index in [0.29, 0.717) is 11.3 Å². The molecule has 1 N–H and O–H groups in total. The van der Waals surface area contributed by atoms with Gasteiger partial charge in [-0.2, -0.15) is 0 Å². The van der Waals surface area contributed by atoms with E-state index in [0.717, 1.165) is 37.6 Å². The van der Waals surface area contributed by atoms with Crippen molar-refractivity contribution in [2.75, 3.05) is 26.8 Å². The minimum atomic E-state index is 0.297. The third-order valence-corrected chi connectivity index (χ3v) is 3.66.